The summed E-state index contributed by atoms with van der Waals surface area (Å²) in [7, 11) is -3.13. The second kappa shape index (κ2) is 3.68. The lowest BCUT2D eigenvalue weighted by Gasteiger charge is -2.39. The molecular weight excluding hydrogens is 254 g/mol. The highest BCUT2D eigenvalue weighted by Crippen LogP contribution is 2.32. The molecule has 6 nitrogen and oxygen atoms in total. The fraction of sp³-hybridized carbons (Fsp3) is 0.455. The number of carbonyl (C=O) groups is 1. The second-order valence-corrected chi connectivity index (χ2v) is 6.93. The molecule has 7 heteroatoms. The molecule has 0 saturated carbocycles. The molecule has 0 radical (unpaired) electrons. The molecule has 1 saturated heterocycles. The van der Waals surface area contributed by atoms with Gasteiger partial charge < -0.3 is 10.2 Å². The van der Waals surface area contributed by atoms with Gasteiger partial charge in [0.25, 0.3) is 0 Å². The number of aryl methyl sites for hydroxylation is 1. The number of sulfone groups is 1. The zero-order valence-electron chi connectivity index (χ0n) is 9.88. The summed E-state index contributed by atoms with van der Waals surface area (Å²) >= 11 is 0. The molecule has 0 bridgehead atoms. The van der Waals surface area contributed by atoms with E-state index in [9.17, 15) is 13.2 Å². The Labute approximate surface area is 105 Å². The SMILES string of the molecule is Cc1cnc2c(c1)NC(=O)C1CS(=O)(=O)CCN21. The van der Waals surface area contributed by atoms with Crippen LogP contribution in [-0.4, -0.2) is 43.4 Å². The van der Waals surface area contributed by atoms with E-state index in [0.29, 0.717) is 18.1 Å². The van der Waals surface area contributed by atoms with Gasteiger partial charge in [0.15, 0.2) is 15.7 Å². The lowest BCUT2D eigenvalue weighted by Crippen LogP contribution is -2.57. The van der Waals surface area contributed by atoms with E-state index in [1.165, 1.54) is 0 Å². The Bertz CT molecular complexity index is 626. The summed E-state index contributed by atoms with van der Waals surface area (Å²) in [6.45, 7) is 2.22. The molecule has 1 atom stereocenters. The number of nitrogens with one attached hydrogen (secondary N) is 1. The maximum absolute atomic E-state index is 11.9. The van der Waals surface area contributed by atoms with E-state index in [2.05, 4.69) is 10.3 Å². The number of anilines is 2. The first-order chi connectivity index (χ1) is 8.46. The molecule has 1 unspecified atom stereocenters. The van der Waals surface area contributed by atoms with Crippen molar-refractivity contribution in [1.29, 1.82) is 0 Å². The third-order valence-electron chi connectivity index (χ3n) is 3.27. The maximum Gasteiger partial charge on any atom is 0.248 e. The summed E-state index contributed by atoms with van der Waals surface area (Å²) < 4.78 is 23.2. The average molecular weight is 267 g/mol. The zero-order valence-corrected chi connectivity index (χ0v) is 10.7. The lowest BCUT2D eigenvalue weighted by atomic mass is 10.1. The number of rotatable bonds is 0. The molecule has 0 spiro atoms. The van der Waals surface area contributed by atoms with Gasteiger partial charge in [-0.2, -0.15) is 0 Å². The Morgan fingerprint density at radius 1 is 1.50 bits per heavy atom. The molecule has 1 aromatic heterocycles. The van der Waals surface area contributed by atoms with E-state index in [0.717, 1.165) is 5.56 Å². The summed E-state index contributed by atoms with van der Waals surface area (Å²) in [5.41, 5.74) is 1.62. The first kappa shape index (κ1) is 11.5. The Morgan fingerprint density at radius 3 is 3.06 bits per heavy atom. The summed E-state index contributed by atoms with van der Waals surface area (Å²) in [4.78, 5) is 18.0. The molecule has 18 heavy (non-hydrogen) atoms. The van der Waals surface area contributed by atoms with Gasteiger partial charge in [0.05, 0.1) is 17.2 Å². The molecule has 2 aliphatic heterocycles. The minimum atomic E-state index is -3.13. The van der Waals surface area contributed by atoms with Gasteiger partial charge in [-0.05, 0) is 18.6 Å². The van der Waals surface area contributed by atoms with Crippen molar-refractivity contribution in [1.82, 2.24) is 4.98 Å². The van der Waals surface area contributed by atoms with E-state index < -0.39 is 15.9 Å². The van der Waals surface area contributed by atoms with Crippen molar-refractivity contribution in [3.05, 3.63) is 17.8 Å². The van der Waals surface area contributed by atoms with E-state index in [-0.39, 0.29) is 17.4 Å². The third kappa shape index (κ3) is 1.74. The number of pyridine rings is 1. The number of hydrogen-bond donors (Lipinski definition) is 1. The van der Waals surface area contributed by atoms with Crippen molar-refractivity contribution in [2.45, 2.75) is 13.0 Å². The first-order valence-electron chi connectivity index (χ1n) is 5.71. The Balaban J connectivity index is 2.06. The van der Waals surface area contributed by atoms with Gasteiger partial charge in [0.2, 0.25) is 5.91 Å². The van der Waals surface area contributed by atoms with Crippen LogP contribution >= 0.6 is 0 Å². The number of fused-ring (bicyclic) bond motifs is 3. The van der Waals surface area contributed by atoms with Crippen LogP contribution in [0.3, 0.4) is 0 Å². The van der Waals surface area contributed by atoms with Gasteiger partial charge in [-0.1, -0.05) is 0 Å². The number of amides is 1. The van der Waals surface area contributed by atoms with Crippen molar-refractivity contribution in [2.24, 2.45) is 0 Å². The highest BCUT2D eigenvalue weighted by molar-refractivity contribution is 7.91. The van der Waals surface area contributed by atoms with Crippen LogP contribution < -0.4 is 10.2 Å². The summed E-state index contributed by atoms with van der Waals surface area (Å²) in [5.74, 6) is 0.345. The number of hydrogen-bond acceptors (Lipinski definition) is 5. The van der Waals surface area contributed by atoms with Gasteiger partial charge in [-0.15, -0.1) is 0 Å². The fourth-order valence-corrected chi connectivity index (χ4v) is 3.83. The smallest absolute Gasteiger partial charge is 0.248 e. The van der Waals surface area contributed by atoms with Crippen LogP contribution in [0.5, 0.6) is 0 Å². The van der Waals surface area contributed by atoms with Crippen LogP contribution in [0.25, 0.3) is 0 Å². The average Bonchev–Trinajstić information content (AvgIpc) is 2.28. The Kier molecular flexibility index (Phi) is 2.34. The molecule has 1 fully saturated rings. The van der Waals surface area contributed by atoms with E-state index in [4.69, 9.17) is 0 Å². The normalized spacial score (nSPS) is 25.1. The zero-order chi connectivity index (χ0) is 12.9. The van der Waals surface area contributed by atoms with E-state index >= 15 is 0 Å². The standard InChI is InChI=1S/C11H13N3O3S/c1-7-4-8-10(12-5-7)14-2-3-18(16,17)6-9(14)11(15)13-8/h4-5,9H,2-3,6H2,1H3,(H,13,15). The maximum atomic E-state index is 11.9. The second-order valence-electron chi connectivity index (χ2n) is 4.70. The predicted molar refractivity (Wildman–Crippen MR) is 67.4 cm³/mol. The monoisotopic (exact) mass is 267 g/mol. The van der Waals surface area contributed by atoms with Crippen LogP contribution in [0.4, 0.5) is 11.5 Å². The summed E-state index contributed by atoms with van der Waals surface area (Å²) in [6.07, 6.45) is 1.72. The number of aromatic nitrogens is 1. The third-order valence-corrected chi connectivity index (χ3v) is 4.90. The van der Waals surface area contributed by atoms with E-state index in [1.807, 2.05) is 13.0 Å². The molecule has 96 valence electrons. The Morgan fingerprint density at radius 2 is 2.28 bits per heavy atom. The molecule has 3 heterocycles. The van der Waals surface area contributed by atoms with Gasteiger partial charge in [0, 0.05) is 12.7 Å². The highest BCUT2D eigenvalue weighted by Gasteiger charge is 2.40. The van der Waals surface area contributed by atoms with Crippen molar-refractivity contribution in [3.8, 4) is 0 Å². The van der Waals surface area contributed by atoms with Crippen LogP contribution in [-0.2, 0) is 14.6 Å². The van der Waals surface area contributed by atoms with Crippen molar-refractivity contribution in [3.63, 3.8) is 0 Å². The molecule has 3 rings (SSSR count). The molecule has 2 aliphatic rings. The molecule has 1 N–H and O–H groups in total. The first-order valence-corrected chi connectivity index (χ1v) is 7.53. The topological polar surface area (TPSA) is 79.4 Å². The number of carbonyl (C=O) groups excluding carboxylic acids is 1. The minimum Gasteiger partial charge on any atom is -0.341 e. The molecule has 1 aromatic rings. The van der Waals surface area contributed by atoms with Gasteiger partial charge in [0.1, 0.15) is 6.04 Å². The lowest BCUT2D eigenvalue weighted by molar-refractivity contribution is -0.117. The van der Waals surface area contributed by atoms with Gasteiger partial charge in [-0.3, -0.25) is 4.79 Å². The molecular formula is C11H13N3O3S. The minimum absolute atomic E-state index is 0.0752. The van der Waals surface area contributed by atoms with Gasteiger partial charge in [-0.25, -0.2) is 13.4 Å². The predicted octanol–water partition coefficient (Wildman–Crippen LogP) is -0.0545. The van der Waals surface area contributed by atoms with Crippen LogP contribution in [0.15, 0.2) is 12.3 Å². The van der Waals surface area contributed by atoms with Crippen molar-refractivity contribution in [2.75, 3.05) is 28.3 Å². The van der Waals surface area contributed by atoms with Crippen LogP contribution in [0, 0.1) is 6.92 Å². The van der Waals surface area contributed by atoms with Crippen LogP contribution in [0.2, 0.25) is 0 Å². The van der Waals surface area contributed by atoms with Crippen molar-refractivity contribution >= 4 is 27.2 Å². The molecule has 0 aromatic carbocycles. The molecule has 0 aliphatic carbocycles. The largest absolute Gasteiger partial charge is 0.341 e. The molecule has 1 amide bonds. The van der Waals surface area contributed by atoms with Gasteiger partial charge >= 0.3 is 0 Å². The quantitative estimate of drug-likeness (QED) is 0.712. The summed E-state index contributed by atoms with van der Waals surface area (Å²) in [5, 5.41) is 2.73. The van der Waals surface area contributed by atoms with Crippen molar-refractivity contribution < 1.29 is 13.2 Å². The summed E-state index contributed by atoms with van der Waals surface area (Å²) in [6, 6.07) is 1.20. The van der Waals surface area contributed by atoms with E-state index in [1.54, 1.807) is 11.1 Å². The fourth-order valence-electron chi connectivity index (χ4n) is 2.38. The van der Waals surface area contributed by atoms with Crippen LogP contribution in [0.1, 0.15) is 5.56 Å². The Hall–Kier alpha value is -1.63. The number of nitrogens with zero attached hydrogens (tertiary/aromatic N) is 2. The highest BCUT2D eigenvalue weighted by atomic mass is 32.2.